The van der Waals surface area contributed by atoms with Crippen LogP contribution in [0.3, 0.4) is 0 Å². The third-order valence-corrected chi connectivity index (χ3v) is 2.21. The van der Waals surface area contributed by atoms with Crippen molar-refractivity contribution < 1.29 is 24.2 Å². The van der Waals surface area contributed by atoms with Crippen molar-refractivity contribution in [3.05, 3.63) is 23.8 Å². The fourth-order valence-corrected chi connectivity index (χ4v) is 1.38. The van der Waals surface area contributed by atoms with Crippen LogP contribution < -0.4 is 10.1 Å². The molecule has 0 aromatic heterocycles. The minimum absolute atomic E-state index is 0.365. The molecule has 6 heteroatoms. The van der Waals surface area contributed by atoms with Gasteiger partial charge in [0, 0.05) is 6.07 Å². The Labute approximate surface area is 117 Å². The Morgan fingerprint density at radius 1 is 1.30 bits per heavy atom. The van der Waals surface area contributed by atoms with E-state index in [1.807, 2.05) is 6.92 Å². The van der Waals surface area contributed by atoms with Crippen LogP contribution in [0.25, 0.3) is 0 Å². The predicted octanol–water partition coefficient (Wildman–Crippen LogP) is 2.81. The molecule has 0 radical (unpaired) electrons. The number of carboxylic acid groups (broad SMARTS) is 1. The number of anilines is 1. The van der Waals surface area contributed by atoms with E-state index < -0.39 is 24.3 Å². The molecule has 1 amide bonds. The fraction of sp³-hybridized carbons (Fsp3) is 0.429. The quantitative estimate of drug-likeness (QED) is 0.886. The topological polar surface area (TPSA) is 84.9 Å². The van der Waals surface area contributed by atoms with Crippen LogP contribution in [-0.2, 0) is 9.53 Å². The van der Waals surface area contributed by atoms with E-state index >= 15 is 0 Å². The van der Waals surface area contributed by atoms with Crippen molar-refractivity contribution in [3.8, 4) is 5.75 Å². The summed E-state index contributed by atoms with van der Waals surface area (Å²) in [5.74, 6) is -0.698. The molecule has 6 nitrogen and oxygen atoms in total. The second kappa shape index (κ2) is 6.27. The molecule has 0 atom stereocenters. The molecule has 2 N–H and O–H groups in total. The molecular formula is C14H19NO5. The van der Waals surface area contributed by atoms with Crippen LogP contribution >= 0.6 is 0 Å². The van der Waals surface area contributed by atoms with Crippen LogP contribution in [0.5, 0.6) is 5.75 Å². The minimum Gasteiger partial charge on any atom is -0.482 e. The lowest BCUT2D eigenvalue weighted by atomic mass is 10.2. The Morgan fingerprint density at radius 2 is 1.95 bits per heavy atom. The van der Waals surface area contributed by atoms with Gasteiger partial charge >= 0.3 is 12.1 Å². The molecule has 0 unspecified atom stereocenters. The third kappa shape index (κ3) is 5.60. The summed E-state index contributed by atoms with van der Waals surface area (Å²) in [7, 11) is 0. The highest BCUT2D eigenvalue weighted by atomic mass is 16.6. The fourth-order valence-electron chi connectivity index (χ4n) is 1.38. The van der Waals surface area contributed by atoms with E-state index in [9.17, 15) is 9.59 Å². The molecule has 1 aromatic rings. The molecule has 0 heterocycles. The number of ether oxygens (including phenoxy) is 2. The zero-order valence-electron chi connectivity index (χ0n) is 12.0. The normalized spacial score (nSPS) is 10.8. The molecular weight excluding hydrogens is 262 g/mol. The Bertz CT molecular complexity index is 505. The summed E-state index contributed by atoms with van der Waals surface area (Å²) in [6.07, 6.45) is -0.573. The molecule has 20 heavy (non-hydrogen) atoms. The highest BCUT2D eigenvalue weighted by Crippen LogP contribution is 2.22. The van der Waals surface area contributed by atoms with Gasteiger partial charge in [0.05, 0.1) is 5.69 Å². The highest BCUT2D eigenvalue weighted by Gasteiger charge is 2.17. The van der Waals surface area contributed by atoms with Gasteiger partial charge in [-0.3, -0.25) is 5.32 Å². The zero-order chi connectivity index (χ0) is 15.3. The lowest BCUT2D eigenvalue weighted by Crippen LogP contribution is -2.27. The van der Waals surface area contributed by atoms with Gasteiger partial charge in [-0.25, -0.2) is 9.59 Å². The van der Waals surface area contributed by atoms with Crippen LogP contribution in [0.4, 0.5) is 10.5 Å². The number of carboxylic acids is 1. The smallest absolute Gasteiger partial charge is 0.412 e. The van der Waals surface area contributed by atoms with E-state index in [0.29, 0.717) is 11.4 Å². The second-order valence-corrected chi connectivity index (χ2v) is 5.29. The number of benzene rings is 1. The molecule has 0 bridgehead atoms. The summed E-state index contributed by atoms with van der Waals surface area (Å²) in [6, 6.07) is 4.92. The molecule has 0 saturated carbocycles. The van der Waals surface area contributed by atoms with Crippen molar-refractivity contribution in [2.75, 3.05) is 11.9 Å². The van der Waals surface area contributed by atoms with Crippen LogP contribution in [0.2, 0.25) is 0 Å². The summed E-state index contributed by atoms with van der Waals surface area (Å²) in [5.41, 5.74) is 0.746. The average Bonchev–Trinajstić information content (AvgIpc) is 2.27. The van der Waals surface area contributed by atoms with Crippen molar-refractivity contribution in [2.24, 2.45) is 0 Å². The number of aryl methyl sites for hydroxylation is 1. The molecule has 110 valence electrons. The van der Waals surface area contributed by atoms with Gasteiger partial charge in [-0.1, -0.05) is 6.07 Å². The maximum absolute atomic E-state index is 11.7. The monoisotopic (exact) mass is 281 g/mol. The van der Waals surface area contributed by atoms with E-state index in [4.69, 9.17) is 14.6 Å². The van der Waals surface area contributed by atoms with Crippen molar-refractivity contribution in [2.45, 2.75) is 33.3 Å². The van der Waals surface area contributed by atoms with Gasteiger partial charge in [-0.05, 0) is 39.3 Å². The Hall–Kier alpha value is -2.24. The number of aliphatic carboxylic acids is 1. The summed E-state index contributed by atoms with van der Waals surface area (Å²) in [5, 5.41) is 11.2. The lowest BCUT2D eigenvalue weighted by molar-refractivity contribution is -0.139. The van der Waals surface area contributed by atoms with Crippen molar-refractivity contribution in [1.29, 1.82) is 0 Å². The number of hydrogen-bond donors (Lipinski definition) is 2. The summed E-state index contributed by atoms with van der Waals surface area (Å²) in [4.78, 5) is 22.1. The molecule has 0 aliphatic carbocycles. The van der Waals surface area contributed by atoms with Crippen LogP contribution in [0.1, 0.15) is 26.3 Å². The van der Waals surface area contributed by atoms with Crippen LogP contribution in [0, 0.1) is 6.92 Å². The van der Waals surface area contributed by atoms with Gasteiger partial charge in [0.2, 0.25) is 0 Å². The third-order valence-electron chi connectivity index (χ3n) is 2.21. The maximum atomic E-state index is 11.7. The number of nitrogens with one attached hydrogen (secondary N) is 1. The van der Waals surface area contributed by atoms with E-state index in [-0.39, 0.29) is 0 Å². The number of rotatable bonds is 4. The first-order valence-corrected chi connectivity index (χ1v) is 6.12. The first-order chi connectivity index (χ1) is 9.17. The van der Waals surface area contributed by atoms with Crippen LogP contribution in [-0.4, -0.2) is 29.4 Å². The van der Waals surface area contributed by atoms with Gasteiger partial charge in [0.1, 0.15) is 11.4 Å². The van der Waals surface area contributed by atoms with E-state index in [0.717, 1.165) is 5.56 Å². The molecule has 1 aromatic carbocycles. The van der Waals surface area contributed by atoms with Crippen LogP contribution in [0.15, 0.2) is 18.2 Å². The van der Waals surface area contributed by atoms with Crippen molar-refractivity contribution in [1.82, 2.24) is 0 Å². The summed E-state index contributed by atoms with van der Waals surface area (Å²) >= 11 is 0. The Balaban J connectivity index is 2.76. The standard InChI is InChI=1S/C14H19NO5/c1-9-5-6-10(19-8-12(16)17)7-11(9)15-13(18)20-14(2,3)4/h5-7H,8H2,1-4H3,(H,15,18)(H,16,17). The number of amides is 1. The second-order valence-electron chi connectivity index (χ2n) is 5.29. The summed E-state index contributed by atoms with van der Waals surface area (Å²) < 4.78 is 10.2. The zero-order valence-corrected chi connectivity index (χ0v) is 12.0. The van der Waals surface area contributed by atoms with Gasteiger partial charge in [0.15, 0.2) is 6.61 Å². The molecule has 0 fully saturated rings. The number of hydrogen-bond acceptors (Lipinski definition) is 4. The van der Waals surface area contributed by atoms with Gasteiger partial charge in [-0.2, -0.15) is 0 Å². The molecule has 0 saturated heterocycles. The molecule has 0 aliphatic rings. The van der Waals surface area contributed by atoms with Crippen molar-refractivity contribution in [3.63, 3.8) is 0 Å². The van der Waals surface area contributed by atoms with Gasteiger partial charge in [-0.15, -0.1) is 0 Å². The van der Waals surface area contributed by atoms with Gasteiger partial charge in [0.25, 0.3) is 0 Å². The molecule has 0 spiro atoms. The van der Waals surface area contributed by atoms with Gasteiger partial charge < -0.3 is 14.6 Å². The Kier molecular flexibility index (Phi) is 4.96. The number of carbonyl (C=O) groups excluding carboxylic acids is 1. The first kappa shape index (κ1) is 15.8. The SMILES string of the molecule is Cc1ccc(OCC(=O)O)cc1NC(=O)OC(C)(C)C. The maximum Gasteiger partial charge on any atom is 0.412 e. The number of carbonyl (C=O) groups is 2. The van der Waals surface area contributed by atoms with E-state index in [1.165, 1.54) is 0 Å². The minimum atomic E-state index is -1.06. The first-order valence-electron chi connectivity index (χ1n) is 6.12. The van der Waals surface area contributed by atoms with E-state index in [1.54, 1.807) is 39.0 Å². The lowest BCUT2D eigenvalue weighted by Gasteiger charge is -2.20. The molecule has 0 aliphatic heterocycles. The van der Waals surface area contributed by atoms with E-state index in [2.05, 4.69) is 5.32 Å². The van der Waals surface area contributed by atoms with Crippen molar-refractivity contribution >= 4 is 17.7 Å². The predicted molar refractivity (Wildman–Crippen MR) is 74.2 cm³/mol. The summed E-state index contributed by atoms with van der Waals surface area (Å²) in [6.45, 7) is 6.69. The molecule has 1 rings (SSSR count). The largest absolute Gasteiger partial charge is 0.482 e. The highest BCUT2D eigenvalue weighted by molar-refractivity contribution is 5.86. The average molecular weight is 281 g/mol. The Morgan fingerprint density at radius 3 is 2.50 bits per heavy atom.